The molecule has 104 valence electrons. The molecule has 0 saturated carbocycles. The second kappa shape index (κ2) is 7.20. The molecule has 3 N–H and O–H groups in total. The Morgan fingerprint density at radius 2 is 1.95 bits per heavy atom. The SMILES string of the molecule is CNc1ccnc(C(=O)NCCNC(=O)N(C)C)c1. The van der Waals surface area contributed by atoms with Crippen molar-refractivity contribution in [1.82, 2.24) is 20.5 Å². The summed E-state index contributed by atoms with van der Waals surface area (Å²) in [5.41, 5.74) is 1.16. The van der Waals surface area contributed by atoms with E-state index in [1.54, 1.807) is 39.5 Å². The van der Waals surface area contributed by atoms with E-state index in [1.165, 1.54) is 4.90 Å². The Kier molecular flexibility index (Phi) is 5.59. The van der Waals surface area contributed by atoms with Crippen molar-refractivity contribution in [2.75, 3.05) is 39.5 Å². The molecule has 0 bridgehead atoms. The molecule has 0 aromatic carbocycles. The number of carbonyl (C=O) groups excluding carboxylic acids is 2. The quantitative estimate of drug-likeness (QED) is 0.660. The number of rotatable bonds is 5. The van der Waals surface area contributed by atoms with Crippen LogP contribution in [0.15, 0.2) is 18.3 Å². The second-order valence-electron chi connectivity index (χ2n) is 4.06. The van der Waals surface area contributed by atoms with E-state index in [9.17, 15) is 9.59 Å². The molecule has 19 heavy (non-hydrogen) atoms. The van der Waals surface area contributed by atoms with Gasteiger partial charge in [-0.15, -0.1) is 0 Å². The maximum atomic E-state index is 11.8. The van der Waals surface area contributed by atoms with Crippen molar-refractivity contribution in [1.29, 1.82) is 0 Å². The molecular formula is C12H19N5O2. The van der Waals surface area contributed by atoms with Gasteiger partial charge in [0.15, 0.2) is 0 Å². The van der Waals surface area contributed by atoms with Gasteiger partial charge in [0, 0.05) is 46.1 Å². The standard InChI is InChI=1S/C12H19N5O2/c1-13-9-4-5-14-10(8-9)11(18)15-6-7-16-12(19)17(2)3/h4-5,8H,6-7H2,1-3H3,(H,13,14)(H,15,18)(H,16,19). The van der Waals surface area contributed by atoms with Crippen molar-refractivity contribution >= 4 is 17.6 Å². The van der Waals surface area contributed by atoms with Gasteiger partial charge < -0.3 is 20.9 Å². The molecule has 1 aromatic heterocycles. The molecule has 0 aliphatic heterocycles. The minimum Gasteiger partial charge on any atom is -0.388 e. The minimum absolute atomic E-state index is 0.190. The summed E-state index contributed by atoms with van der Waals surface area (Å²) in [5.74, 6) is -0.267. The van der Waals surface area contributed by atoms with Gasteiger partial charge in [-0.1, -0.05) is 0 Å². The molecule has 0 fully saturated rings. The molecule has 0 aliphatic rings. The van der Waals surface area contributed by atoms with Crippen LogP contribution in [0.25, 0.3) is 0 Å². The molecule has 1 aromatic rings. The van der Waals surface area contributed by atoms with Crippen LogP contribution in [0.2, 0.25) is 0 Å². The van der Waals surface area contributed by atoms with Gasteiger partial charge in [0.2, 0.25) is 0 Å². The summed E-state index contributed by atoms with van der Waals surface area (Å²) < 4.78 is 0. The Balaban J connectivity index is 2.37. The molecular weight excluding hydrogens is 246 g/mol. The number of nitrogens with zero attached hydrogens (tertiary/aromatic N) is 2. The first-order chi connectivity index (χ1) is 9.04. The summed E-state index contributed by atoms with van der Waals surface area (Å²) in [5, 5.41) is 8.27. The lowest BCUT2D eigenvalue weighted by molar-refractivity contribution is 0.0948. The highest BCUT2D eigenvalue weighted by molar-refractivity contribution is 5.93. The first kappa shape index (κ1) is 14.7. The van der Waals surface area contributed by atoms with E-state index >= 15 is 0 Å². The van der Waals surface area contributed by atoms with Gasteiger partial charge >= 0.3 is 6.03 Å². The summed E-state index contributed by atoms with van der Waals surface area (Å²) in [6.45, 7) is 0.721. The summed E-state index contributed by atoms with van der Waals surface area (Å²) in [6, 6.07) is 3.24. The average molecular weight is 265 g/mol. The topological polar surface area (TPSA) is 86.4 Å². The monoisotopic (exact) mass is 265 g/mol. The molecule has 3 amide bonds. The lowest BCUT2D eigenvalue weighted by Crippen LogP contribution is -2.39. The Bertz CT molecular complexity index is 448. The summed E-state index contributed by atoms with van der Waals surface area (Å²) in [6.07, 6.45) is 1.56. The fourth-order valence-electron chi connectivity index (χ4n) is 1.30. The van der Waals surface area contributed by atoms with Crippen LogP contribution in [-0.2, 0) is 0 Å². The number of pyridine rings is 1. The predicted molar refractivity (Wildman–Crippen MR) is 73.2 cm³/mol. The molecule has 0 atom stereocenters. The highest BCUT2D eigenvalue weighted by Crippen LogP contribution is 2.06. The zero-order valence-electron chi connectivity index (χ0n) is 11.4. The number of carbonyl (C=O) groups is 2. The van der Waals surface area contributed by atoms with Crippen molar-refractivity contribution in [2.45, 2.75) is 0 Å². The Hall–Kier alpha value is -2.31. The molecule has 0 aliphatic carbocycles. The van der Waals surface area contributed by atoms with E-state index in [4.69, 9.17) is 0 Å². The third kappa shape index (κ3) is 4.82. The largest absolute Gasteiger partial charge is 0.388 e. The lowest BCUT2D eigenvalue weighted by Gasteiger charge is -2.12. The normalized spacial score (nSPS) is 9.63. The van der Waals surface area contributed by atoms with Gasteiger partial charge in [-0.2, -0.15) is 0 Å². The number of amides is 3. The van der Waals surface area contributed by atoms with Crippen LogP contribution in [0.3, 0.4) is 0 Å². The molecule has 0 unspecified atom stereocenters. The zero-order valence-corrected chi connectivity index (χ0v) is 11.4. The van der Waals surface area contributed by atoms with Crippen LogP contribution in [0.5, 0.6) is 0 Å². The minimum atomic E-state index is -0.267. The van der Waals surface area contributed by atoms with Gasteiger partial charge in [-0.05, 0) is 12.1 Å². The maximum absolute atomic E-state index is 11.8. The highest BCUT2D eigenvalue weighted by Gasteiger charge is 2.07. The highest BCUT2D eigenvalue weighted by atomic mass is 16.2. The number of nitrogens with one attached hydrogen (secondary N) is 3. The zero-order chi connectivity index (χ0) is 14.3. The van der Waals surface area contributed by atoms with Gasteiger partial charge in [0.05, 0.1) is 0 Å². The number of hydrogen-bond donors (Lipinski definition) is 3. The molecule has 0 radical (unpaired) electrons. The van der Waals surface area contributed by atoms with E-state index in [1.807, 2.05) is 0 Å². The smallest absolute Gasteiger partial charge is 0.316 e. The van der Waals surface area contributed by atoms with Crippen molar-refractivity contribution in [3.8, 4) is 0 Å². The van der Waals surface area contributed by atoms with E-state index in [-0.39, 0.29) is 11.9 Å². The summed E-state index contributed by atoms with van der Waals surface area (Å²) >= 11 is 0. The van der Waals surface area contributed by atoms with E-state index in [2.05, 4.69) is 20.9 Å². The molecule has 0 spiro atoms. The number of anilines is 1. The van der Waals surface area contributed by atoms with Crippen LogP contribution >= 0.6 is 0 Å². The fourth-order valence-corrected chi connectivity index (χ4v) is 1.30. The van der Waals surface area contributed by atoms with Gasteiger partial charge in [-0.25, -0.2) is 4.79 Å². The second-order valence-corrected chi connectivity index (χ2v) is 4.06. The van der Waals surface area contributed by atoms with Gasteiger partial charge in [0.25, 0.3) is 5.91 Å². The van der Waals surface area contributed by atoms with E-state index in [0.29, 0.717) is 18.8 Å². The molecule has 1 heterocycles. The first-order valence-electron chi connectivity index (χ1n) is 5.91. The number of aromatic nitrogens is 1. The maximum Gasteiger partial charge on any atom is 0.316 e. The molecule has 0 saturated heterocycles. The third-order valence-electron chi connectivity index (χ3n) is 2.37. The van der Waals surface area contributed by atoms with E-state index < -0.39 is 0 Å². The van der Waals surface area contributed by atoms with Crippen LogP contribution in [0.1, 0.15) is 10.5 Å². The molecule has 7 nitrogen and oxygen atoms in total. The molecule has 7 heteroatoms. The Morgan fingerprint density at radius 1 is 1.26 bits per heavy atom. The summed E-state index contributed by atoms with van der Waals surface area (Å²) in [7, 11) is 5.08. The van der Waals surface area contributed by atoms with Gasteiger partial charge in [0.1, 0.15) is 5.69 Å². The van der Waals surface area contributed by atoms with Crippen LogP contribution in [-0.4, -0.2) is 56.1 Å². The predicted octanol–water partition coefficient (Wildman–Crippen LogP) is 0.124. The van der Waals surface area contributed by atoms with Crippen LogP contribution in [0.4, 0.5) is 10.5 Å². The van der Waals surface area contributed by atoms with Crippen molar-refractivity contribution in [2.24, 2.45) is 0 Å². The van der Waals surface area contributed by atoms with Crippen molar-refractivity contribution in [3.63, 3.8) is 0 Å². The lowest BCUT2D eigenvalue weighted by atomic mass is 10.3. The Morgan fingerprint density at radius 3 is 2.58 bits per heavy atom. The van der Waals surface area contributed by atoms with Crippen LogP contribution < -0.4 is 16.0 Å². The summed E-state index contributed by atoms with van der Waals surface area (Å²) in [4.78, 5) is 28.4. The Labute approximate surface area is 112 Å². The number of urea groups is 1. The first-order valence-corrected chi connectivity index (χ1v) is 5.91. The third-order valence-corrected chi connectivity index (χ3v) is 2.37. The fraction of sp³-hybridized carbons (Fsp3) is 0.417. The average Bonchev–Trinajstić information content (AvgIpc) is 2.42. The van der Waals surface area contributed by atoms with Crippen molar-refractivity contribution in [3.05, 3.63) is 24.0 Å². The molecule has 1 rings (SSSR count). The van der Waals surface area contributed by atoms with E-state index in [0.717, 1.165) is 5.69 Å². The van der Waals surface area contributed by atoms with Crippen LogP contribution in [0, 0.1) is 0 Å². The van der Waals surface area contributed by atoms with Crippen molar-refractivity contribution < 1.29 is 9.59 Å². The van der Waals surface area contributed by atoms with Gasteiger partial charge in [-0.3, -0.25) is 9.78 Å². The number of hydrogen-bond acceptors (Lipinski definition) is 4.